The highest BCUT2D eigenvalue weighted by molar-refractivity contribution is 5.97. The number of carboxylic acid groups (broad SMARTS) is 1. The lowest BCUT2D eigenvalue weighted by atomic mass is 10.1. The number of rotatable bonds is 7. The molecule has 6 heteroatoms. The number of carbonyl (C=O) groups is 2. The maximum atomic E-state index is 12.4. The molecule has 0 bridgehead atoms. The first-order valence-electron chi connectivity index (χ1n) is 7.30. The van der Waals surface area contributed by atoms with Gasteiger partial charge in [0.05, 0.1) is 18.9 Å². The molecule has 1 heterocycles. The molecule has 0 radical (unpaired) electrons. The van der Waals surface area contributed by atoms with E-state index in [2.05, 4.69) is 5.32 Å². The average Bonchev–Trinajstić information content (AvgIpc) is 3.01. The maximum absolute atomic E-state index is 12.4. The van der Waals surface area contributed by atoms with Crippen molar-refractivity contribution in [1.82, 2.24) is 5.32 Å². The van der Waals surface area contributed by atoms with E-state index in [0.717, 1.165) is 6.42 Å². The predicted molar refractivity (Wildman–Crippen MR) is 83.5 cm³/mol. The fraction of sp³-hybridized carbons (Fsp3) is 0.294. The van der Waals surface area contributed by atoms with Crippen LogP contribution in [0.15, 0.2) is 41.0 Å². The minimum atomic E-state index is -1.14. The Bertz CT molecular complexity index is 675. The van der Waals surface area contributed by atoms with Gasteiger partial charge in [-0.15, -0.1) is 0 Å². The largest absolute Gasteiger partial charge is 0.497 e. The Labute approximate surface area is 134 Å². The smallest absolute Gasteiger partial charge is 0.330 e. The van der Waals surface area contributed by atoms with Crippen molar-refractivity contribution < 1.29 is 23.8 Å². The first-order valence-corrected chi connectivity index (χ1v) is 7.30. The Balaban J connectivity index is 2.20. The number of hydrogen-bond donors (Lipinski definition) is 2. The third-order valence-electron chi connectivity index (χ3n) is 3.44. The van der Waals surface area contributed by atoms with Crippen molar-refractivity contribution in [2.75, 3.05) is 7.11 Å². The molecular formula is C17H19NO5. The lowest BCUT2D eigenvalue weighted by Gasteiger charge is -2.15. The van der Waals surface area contributed by atoms with Crippen LogP contribution >= 0.6 is 0 Å². The molecule has 1 aromatic heterocycles. The molecule has 0 saturated heterocycles. The van der Waals surface area contributed by atoms with E-state index in [1.54, 1.807) is 30.3 Å². The van der Waals surface area contributed by atoms with Gasteiger partial charge in [0, 0.05) is 6.42 Å². The zero-order valence-corrected chi connectivity index (χ0v) is 13.0. The molecule has 0 saturated carbocycles. The second kappa shape index (κ2) is 7.49. The van der Waals surface area contributed by atoms with Gasteiger partial charge in [-0.1, -0.05) is 19.1 Å². The normalized spacial score (nSPS) is 11.7. The highest BCUT2D eigenvalue weighted by Gasteiger charge is 2.24. The number of furan rings is 1. The zero-order chi connectivity index (χ0) is 16.8. The minimum Gasteiger partial charge on any atom is -0.497 e. The number of hydrogen-bond acceptors (Lipinski definition) is 4. The molecule has 23 heavy (non-hydrogen) atoms. The Morgan fingerprint density at radius 1 is 1.26 bits per heavy atom. The number of nitrogens with one attached hydrogen (secondary N) is 1. The van der Waals surface area contributed by atoms with E-state index in [-0.39, 0.29) is 0 Å². The van der Waals surface area contributed by atoms with Crippen molar-refractivity contribution in [3.05, 3.63) is 53.5 Å². The van der Waals surface area contributed by atoms with E-state index in [9.17, 15) is 14.7 Å². The van der Waals surface area contributed by atoms with Crippen LogP contribution in [0.25, 0.3) is 0 Å². The van der Waals surface area contributed by atoms with Crippen LogP contribution in [0.2, 0.25) is 0 Å². The number of methoxy groups -OCH3 is 1. The topological polar surface area (TPSA) is 88.8 Å². The lowest BCUT2D eigenvalue weighted by Crippen LogP contribution is -2.34. The Kier molecular flexibility index (Phi) is 5.41. The summed E-state index contributed by atoms with van der Waals surface area (Å²) in [4.78, 5) is 23.9. The summed E-state index contributed by atoms with van der Waals surface area (Å²) < 4.78 is 10.3. The standard InChI is InChI=1S/C17H19NO5/c1-3-4-14-13(9-10-23-14)16(19)18-15(17(20)21)11-5-7-12(22-2)8-6-11/h5-10,15H,3-4H2,1-2H3,(H,18,19)(H,20,21). The number of amides is 1. The summed E-state index contributed by atoms with van der Waals surface area (Å²) >= 11 is 0. The molecule has 1 atom stereocenters. The molecule has 6 nitrogen and oxygen atoms in total. The molecule has 0 spiro atoms. The molecule has 2 aromatic rings. The summed E-state index contributed by atoms with van der Waals surface area (Å²) in [5, 5.41) is 11.9. The van der Waals surface area contributed by atoms with Crippen LogP contribution in [0.1, 0.15) is 41.1 Å². The van der Waals surface area contributed by atoms with Crippen molar-refractivity contribution in [1.29, 1.82) is 0 Å². The van der Waals surface area contributed by atoms with Crippen molar-refractivity contribution in [3.8, 4) is 5.75 Å². The fourth-order valence-electron chi connectivity index (χ4n) is 2.26. The number of carbonyl (C=O) groups excluding carboxylic acids is 1. The Morgan fingerprint density at radius 3 is 2.52 bits per heavy atom. The van der Waals surface area contributed by atoms with Gasteiger partial charge in [-0.25, -0.2) is 4.79 Å². The van der Waals surface area contributed by atoms with Gasteiger partial charge in [0.25, 0.3) is 5.91 Å². The quantitative estimate of drug-likeness (QED) is 0.819. The molecule has 1 unspecified atom stereocenters. The van der Waals surface area contributed by atoms with Crippen molar-refractivity contribution in [2.45, 2.75) is 25.8 Å². The Morgan fingerprint density at radius 2 is 1.96 bits per heavy atom. The van der Waals surface area contributed by atoms with E-state index in [1.165, 1.54) is 13.4 Å². The van der Waals surface area contributed by atoms with Crippen LogP contribution in [0.5, 0.6) is 5.75 Å². The van der Waals surface area contributed by atoms with E-state index in [1.807, 2.05) is 6.92 Å². The van der Waals surface area contributed by atoms with Crippen LogP contribution in [-0.2, 0) is 11.2 Å². The monoisotopic (exact) mass is 317 g/mol. The molecule has 0 fully saturated rings. The van der Waals surface area contributed by atoms with Gasteiger partial charge in [-0.05, 0) is 30.2 Å². The van der Waals surface area contributed by atoms with Gasteiger partial charge >= 0.3 is 5.97 Å². The summed E-state index contributed by atoms with van der Waals surface area (Å²) in [7, 11) is 1.53. The molecular weight excluding hydrogens is 298 g/mol. The highest BCUT2D eigenvalue weighted by atomic mass is 16.5. The first-order chi connectivity index (χ1) is 11.1. The van der Waals surface area contributed by atoms with Crippen molar-refractivity contribution in [2.24, 2.45) is 0 Å². The third kappa shape index (κ3) is 3.91. The molecule has 1 amide bonds. The van der Waals surface area contributed by atoms with Gasteiger partial charge < -0.3 is 19.6 Å². The second-order valence-corrected chi connectivity index (χ2v) is 5.03. The summed E-state index contributed by atoms with van der Waals surface area (Å²) in [5.41, 5.74) is 0.832. The van der Waals surface area contributed by atoms with Gasteiger partial charge in [0.2, 0.25) is 0 Å². The van der Waals surface area contributed by atoms with E-state index >= 15 is 0 Å². The molecule has 2 rings (SSSR count). The summed E-state index contributed by atoms with van der Waals surface area (Å²) in [6.07, 6.45) is 2.88. The van der Waals surface area contributed by atoms with Crippen LogP contribution in [0, 0.1) is 0 Å². The van der Waals surface area contributed by atoms with Crippen molar-refractivity contribution in [3.63, 3.8) is 0 Å². The maximum Gasteiger partial charge on any atom is 0.330 e. The first kappa shape index (κ1) is 16.6. The summed E-state index contributed by atoms with van der Waals surface area (Å²) in [6.45, 7) is 1.97. The Hall–Kier alpha value is -2.76. The van der Waals surface area contributed by atoms with Gasteiger partial charge in [-0.2, -0.15) is 0 Å². The molecule has 122 valence electrons. The van der Waals surface area contributed by atoms with Crippen LogP contribution in [0.4, 0.5) is 0 Å². The second-order valence-electron chi connectivity index (χ2n) is 5.03. The summed E-state index contributed by atoms with van der Waals surface area (Å²) in [5.74, 6) is -0.428. The zero-order valence-electron chi connectivity index (χ0n) is 13.0. The molecule has 0 aliphatic rings. The van der Waals surface area contributed by atoms with Gasteiger partial charge in [-0.3, -0.25) is 4.79 Å². The average molecular weight is 317 g/mol. The number of carboxylic acids is 1. The molecule has 2 N–H and O–H groups in total. The van der Waals surface area contributed by atoms with Gasteiger partial charge in [0.15, 0.2) is 6.04 Å². The number of ether oxygens (including phenoxy) is 1. The number of benzene rings is 1. The number of aliphatic carboxylic acids is 1. The molecule has 0 aliphatic heterocycles. The summed E-state index contributed by atoms with van der Waals surface area (Å²) in [6, 6.07) is 6.93. The van der Waals surface area contributed by atoms with Crippen LogP contribution < -0.4 is 10.1 Å². The van der Waals surface area contributed by atoms with E-state index in [0.29, 0.717) is 29.1 Å². The molecule has 1 aromatic carbocycles. The minimum absolute atomic E-state index is 0.367. The van der Waals surface area contributed by atoms with E-state index in [4.69, 9.17) is 9.15 Å². The lowest BCUT2D eigenvalue weighted by molar-refractivity contribution is -0.139. The highest BCUT2D eigenvalue weighted by Crippen LogP contribution is 2.20. The van der Waals surface area contributed by atoms with E-state index < -0.39 is 17.9 Å². The molecule has 0 aliphatic carbocycles. The predicted octanol–water partition coefficient (Wildman–Crippen LogP) is 2.80. The number of aryl methyl sites for hydroxylation is 1. The van der Waals surface area contributed by atoms with Crippen LogP contribution in [-0.4, -0.2) is 24.1 Å². The SMILES string of the molecule is CCCc1occc1C(=O)NC(C(=O)O)c1ccc(OC)cc1. The third-order valence-corrected chi connectivity index (χ3v) is 3.44. The van der Waals surface area contributed by atoms with Crippen LogP contribution in [0.3, 0.4) is 0 Å². The van der Waals surface area contributed by atoms with Gasteiger partial charge in [0.1, 0.15) is 11.5 Å². The van der Waals surface area contributed by atoms with Crippen molar-refractivity contribution >= 4 is 11.9 Å². The fourth-order valence-corrected chi connectivity index (χ4v) is 2.26.